The summed E-state index contributed by atoms with van der Waals surface area (Å²) in [6.45, 7) is 3.32. The van der Waals surface area contributed by atoms with Gasteiger partial charge in [0, 0.05) is 24.1 Å². The van der Waals surface area contributed by atoms with Crippen LogP contribution in [0.25, 0.3) is 0 Å². The minimum Gasteiger partial charge on any atom is -0.371 e. The molecule has 0 aliphatic carbocycles. The van der Waals surface area contributed by atoms with E-state index in [-0.39, 0.29) is 6.10 Å². The van der Waals surface area contributed by atoms with Crippen LogP contribution in [-0.4, -0.2) is 51.1 Å². The van der Waals surface area contributed by atoms with E-state index in [0.717, 1.165) is 30.5 Å². The lowest BCUT2D eigenvalue weighted by molar-refractivity contribution is -0.0335. The van der Waals surface area contributed by atoms with Crippen molar-refractivity contribution in [2.45, 2.75) is 12.5 Å². The van der Waals surface area contributed by atoms with Crippen molar-refractivity contribution in [1.29, 1.82) is 0 Å². The summed E-state index contributed by atoms with van der Waals surface area (Å²) in [7, 11) is -2.78. The van der Waals surface area contributed by atoms with Crippen LogP contribution in [0.1, 0.15) is 18.1 Å². The van der Waals surface area contributed by atoms with E-state index in [4.69, 9.17) is 4.74 Å². The lowest BCUT2D eigenvalue weighted by Crippen LogP contribution is -2.41. The average molecular weight is 374 g/mol. The van der Waals surface area contributed by atoms with Gasteiger partial charge in [-0.05, 0) is 30.0 Å². The first-order valence-corrected chi connectivity index (χ1v) is 9.93. The van der Waals surface area contributed by atoms with E-state index in [1.165, 1.54) is 5.56 Å². The van der Waals surface area contributed by atoms with Gasteiger partial charge in [-0.25, -0.2) is 8.42 Å². The molecule has 0 radical (unpaired) electrons. The Hall–Kier alpha value is -0.430. The second-order valence-corrected chi connectivity index (χ2v) is 9.08. The molecule has 3 rings (SSSR count). The molecule has 21 heavy (non-hydrogen) atoms. The van der Waals surface area contributed by atoms with Gasteiger partial charge in [-0.3, -0.25) is 4.90 Å². The number of hydrogen-bond acceptors (Lipinski definition) is 4. The van der Waals surface area contributed by atoms with Crippen LogP contribution in [0.5, 0.6) is 0 Å². The number of nitrogens with zero attached hydrogens (tertiary/aromatic N) is 1. The van der Waals surface area contributed by atoms with Crippen LogP contribution >= 0.6 is 15.9 Å². The molecule has 0 unspecified atom stereocenters. The molecule has 0 amide bonds. The van der Waals surface area contributed by atoms with E-state index < -0.39 is 9.84 Å². The Bertz CT molecular complexity index is 587. The van der Waals surface area contributed by atoms with E-state index in [2.05, 4.69) is 33.0 Å². The molecular weight excluding hydrogens is 354 g/mol. The van der Waals surface area contributed by atoms with Gasteiger partial charge in [-0.2, -0.15) is 0 Å². The standard InChI is InChI=1S/C15H20BrNO3S/c16-14-3-1-13(2-4-14)15-10-17(6-7-20-15)9-12-5-8-21(18,19)11-12/h1-4,12,15H,5-11H2/t12-,15+/m1/s1. The molecule has 1 aromatic rings. The van der Waals surface area contributed by atoms with Gasteiger partial charge in [0.25, 0.3) is 0 Å². The normalized spacial score (nSPS) is 29.6. The summed E-state index contributed by atoms with van der Waals surface area (Å²) in [6, 6.07) is 8.22. The molecule has 2 aliphatic heterocycles. The summed E-state index contributed by atoms with van der Waals surface area (Å²) in [5.74, 6) is 1.00. The second-order valence-electron chi connectivity index (χ2n) is 5.94. The van der Waals surface area contributed by atoms with E-state index in [0.29, 0.717) is 24.0 Å². The van der Waals surface area contributed by atoms with Crippen LogP contribution < -0.4 is 0 Å². The predicted octanol–water partition coefficient (Wildman–Crippen LogP) is 2.26. The van der Waals surface area contributed by atoms with Crippen molar-refractivity contribution in [3.63, 3.8) is 0 Å². The minimum absolute atomic E-state index is 0.0878. The quantitative estimate of drug-likeness (QED) is 0.814. The first kappa shape index (κ1) is 15.5. The molecule has 0 saturated carbocycles. The summed E-state index contributed by atoms with van der Waals surface area (Å²) in [4.78, 5) is 2.35. The van der Waals surface area contributed by atoms with Crippen molar-refractivity contribution < 1.29 is 13.2 Å². The molecule has 4 nitrogen and oxygen atoms in total. The number of rotatable bonds is 3. The smallest absolute Gasteiger partial charge is 0.150 e. The Morgan fingerprint density at radius 1 is 1.29 bits per heavy atom. The highest BCUT2D eigenvalue weighted by molar-refractivity contribution is 9.10. The zero-order valence-corrected chi connectivity index (χ0v) is 14.3. The lowest BCUT2D eigenvalue weighted by Gasteiger charge is -2.34. The van der Waals surface area contributed by atoms with Crippen molar-refractivity contribution in [3.05, 3.63) is 34.3 Å². The van der Waals surface area contributed by atoms with Crippen molar-refractivity contribution in [2.24, 2.45) is 5.92 Å². The van der Waals surface area contributed by atoms with Crippen molar-refractivity contribution >= 4 is 25.8 Å². The van der Waals surface area contributed by atoms with Crippen LogP contribution in [0.4, 0.5) is 0 Å². The van der Waals surface area contributed by atoms with Crippen molar-refractivity contribution in [2.75, 3.05) is 37.7 Å². The highest BCUT2D eigenvalue weighted by Crippen LogP contribution is 2.26. The molecule has 2 aliphatic rings. The van der Waals surface area contributed by atoms with Crippen LogP contribution in [0.2, 0.25) is 0 Å². The summed E-state index contributed by atoms with van der Waals surface area (Å²) in [5.41, 5.74) is 1.18. The van der Waals surface area contributed by atoms with Crippen molar-refractivity contribution in [1.82, 2.24) is 4.90 Å². The van der Waals surface area contributed by atoms with Crippen molar-refractivity contribution in [3.8, 4) is 0 Å². The Labute approximate surface area is 134 Å². The lowest BCUT2D eigenvalue weighted by atomic mass is 10.1. The molecule has 2 atom stereocenters. The maximum atomic E-state index is 11.6. The molecule has 0 N–H and O–H groups in total. The zero-order chi connectivity index (χ0) is 14.9. The van der Waals surface area contributed by atoms with Gasteiger partial charge in [-0.1, -0.05) is 28.1 Å². The molecule has 1 aromatic carbocycles. The molecule has 116 valence electrons. The Morgan fingerprint density at radius 3 is 2.71 bits per heavy atom. The third kappa shape index (κ3) is 4.06. The largest absolute Gasteiger partial charge is 0.371 e. The average Bonchev–Trinajstić information content (AvgIpc) is 2.79. The monoisotopic (exact) mass is 373 g/mol. The third-order valence-electron chi connectivity index (χ3n) is 4.24. The Morgan fingerprint density at radius 2 is 2.05 bits per heavy atom. The van der Waals surface area contributed by atoms with Gasteiger partial charge in [0.05, 0.1) is 24.2 Å². The number of benzene rings is 1. The van der Waals surface area contributed by atoms with Gasteiger partial charge >= 0.3 is 0 Å². The van der Waals surface area contributed by atoms with Gasteiger partial charge in [-0.15, -0.1) is 0 Å². The third-order valence-corrected chi connectivity index (χ3v) is 6.60. The molecule has 0 aromatic heterocycles. The maximum Gasteiger partial charge on any atom is 0.150 e. The predicted molar refractivity (Wildman–Crippen MR) is 86.0 cm³/mol. The summed E-state index contributed by atoms with van der Waals surface area (Å²) in [5, 5.41) is 0. The second kappa shape index (κ2) is 6.36. The number of sulfone groups is 1. The molecule has 2 saturated heterocycles. The number of ether oxygens (including phenoxy) is 1. The fraction of sp³-hybridized carbons (Fsp3) is 0.600. The fourth-order valence-corrected chi connectivity index (χ4v) is 5.24. The fourth-order valence-electron chi connectivity index (χ4n) is 3.13. The molecule has 0 bridgehead atoms. The minimum atomic E-state index is -2.78. The highest BCUT2D eigenvalue weighted by atomic mass is 79.9. The zero-order valence-electron chi connectivity index (χ0n) is 11.9. The van der Waals surface area contributed by atoms with Crippen LogP contribution in [0, 0.1) is 5.92 Å². The topological polar surface area (TPSA) is 46.6 Å². The Kier molecular flexibility index (Phi) is 4.69. The van der Waals surface area contributed by atoms with Gasteiger partial charge in [0.1, 0.15) is 0 Å². The summed E-state index contributed by atoms with van der Waals surface area (Å²) in [6.07, 6.45) is 0.896. The van der Waals surface area contributed by atoms with Crippen LogP contribution in [0.3, 0.4) is 0 Å². The number of hydrogen-bond donors (Lipinski definition) is 0. The van der Waals surface area contributed by atoms with Gasteiger partial charge in [0.15, 0.2) is 9.84 Å². The molecule has 2 fully saturated rings. The first-order valence-electron chi connectivity index (χ1n) is 7.32. The van der Waals surface area contributed by atoms with Crippen LogP contribution in [0.15, 0.2) is 28.7 Å². The van der Waals surface area contributed by atoms with Gasteiger partial charge in [0.2, 0.25) is 0 Å². The van der Waals surface area contributed by atoms with E-state index in [1.807, 2.05) is 12.1 Å². The molecule has 6 heteroatoms. The van der Waals surface area contributed by atoms with E-state index in [9.17, 15) is 8.42 Å². The first-order chi connectivity index (χ1) is 10.0. The Balaban J connectivity index is 1.59. The molecule has 2 heterocycles. The number of morpholine rings is 1. The van der Waals surface area contributed by atoms with E-state index >= 15 is 0 Å². The van der Waals surface area contributed by atoms with Gasteiger partial charge < -0.3 is 4.74 Å². The highest BCUT2D eigenvalue weighted by Gasteiger charge is 2.31. The van der Waals surface area contributed by atoms with Crippen LogP contribution in [-0.2, 0) is 14.6 Å². The summed E-state index contributed by atoms with van der Waals surface area (Å²) < 4.78 is 30.0. The summed E-state index contributed by atoms with van der Waals surface area (Å²) >= 11 is 3.44. The SMILES string of the molecule is O=S1(=O)CC[C@H](CN2CCO[C@H](c3ccc(Br)cc3)C2)C1. The molecular formula is C15H20BrNO3S. The van der Waals surface area contributed by atoms with E-state index in [1.54, 1.807) is 0 Å². The number of halogens is 1. The maximum absolute atomic E-state index is 11.6. The molecule has 0 spiro atoms.